The van der Waals surface area contributed by atoms with E-state index in [1.165, 1.54) is 13.0 Å². The first-order valence-electron chi connectivity index (χ1n) is 6.48. The lowest BCUT2D eigenvalue weighted by molar-refractivity contribution is -0.120. The van der Waals surface area contributed by atoms with E-state index < -0.39 is 0 Å². The van der Waals surface area contributed by atoms with Crippen molar-refractivity contribution in [3.8, 4) is 0 Å². The van der Waals surface area contributed by atoms with Crippen LogP contribution >= 0.6 is 11.6 Å². The van der Waals surface area contributed by atoms with E-state index in [2.05, 4.69) is 10.2 Å². The molecule has 0 spiro atoms. The molecule has 1 heterocycles. The van der Waals surface area contributed by atoms with Crippen molar-refractivity contribution in [1.29, 1.82) is 0 Å². The number of amides is 1. The highest BCUT2D eigenvalue weighted by Gasteiger charge is 2.20. The zero-order valence-electron chi connectivity index (χ0n) is 11.0. The first kappa shape index (κ1) is 14.3. The lowest BCUT2D eigenvalue weighted by Crippen LogP contribution is -2.46. The Morgan fingerprint density at radius 3 is 3.05 bits per heavy atom. The summed E-state index contributed by atoms with van der Waals surface area (Å²) >= 11 is 5.67. The molecule has 3 nitrogen and oxygen atoms in total. The van der Waals surface area contributed by atoms with Gasteiger partial charge in [-0.25, -0.2) is 4.39 Å². The molecule has 1 N–H and O–H groups in total. The summed E-state index contributed by atoms with van der Waals surface area (Å²) in [7, 11) is 0. The molecule has 1 aliphatic heterocycles. The van der Waals surface area contributed by atoms with E-state index in [9.17, 15) is 9.18 Å². The topological polar surface area (TPSA) is 32.3 Å². The fourth-order valence-corrected chi connectivity index (χ4v) is 2.62. The summed E-state index contributed by atoms with van der Waals surface area (Å²) in [5, 5.41) is 3.09. The predicted octanol–water partition coefficient (Wildman–Crippen LogP) is 2.58. The fourth-order valence-electron chi connectivity index (χ4n) is 2.50. The maximum absolute atomic E-state index is 13.4. The highest BCUT2D eigenvalue weighted by Crippen LogP contribution is 2.18. The third-order valence-electron chi connectivity index (χ3n) is 3.30. The Hall–Kier alpha value is -1.13. The number of hydrogen-bond acceptors (Lipinski definition) is 2. The van der Waals surface area contributed by atoms with Crippen molar-refractivity contribution in [2.24, 2.45) is 0 Å². The second kappa shape index (κ2) is 6.35. The van der Waals surface area contributed by atoms with Crippen molar-refractivity contribution < 1.29 is 9.18 Å². The second-order valence-electron chi connectivity index (χ2n) is 5.02. The molecular weight excluding hydrogens is 267 g/mol. The standard InChI is InChI=1S/C14H18ClFN2O/c1-10(19)17-12-3-2-6-18(9-12)8-11-4-5-13(15)14(16)7-11/h4-5,7,12H,2-3,6,8-9H2,1H3,(H,17,19). The van der Waals surface area contributed by atoms with Gasteiger partial charge in [0.05, 0.1) is 5.02 Å². The van der Waals surface area contributed by atoms with Crippen LogP contribution in [-0.2, 0) is 11.3 Å². The number of nitrogens with one attached hydrogen (secondary N) is 1. The monoisotopic (exact) mass is 284 g/mol. The molecule has 0 bridgehead atoms. The van der Waals surface area contributed by atoms with Gasteiger partial charge in [-0.2, -0.15) is 0 Å². The van der Waals surface area contributed by atoms with Gasteiger partial charge >= 0.3 is 0 Å². The number of nitrogens with zero attached hydrogens (tertiary/aromatic N) is 1. The van der Waals surface area contributed by atoms with Gasteiger partial charge in [0.25, 0.3) is 0 Å². The molecule has 1 atom stereocenters. The number of halogens is 2. The second-order valence-corrected chi connectivity index (χ2v) is 5.43. The van der Waals surface area contributed by atoms with E-state index in [1.54, 1.807) is 6.07 Å². The summed E-state index contributed by atoms with van der Waals surface area (Å²) in [6.07, 6.45) is 2.05. The van der Waals surface area contributed by atoms with Crippen LogP contribution in [0.15, 0.2) is 18.2 Å². The summed E-state index contributed by atoms with van der Waals surface area (Å²) in [6.45, 7) is 4.00. The average molecular weight is 285 g/mol. The molecule has 1 unspecified atom stereocenters. The van der Waals surface area contributed by atoms with Gasteiger partial charge in [-0.3, -0.25) is 9.69 Å². The van der Waals surface area contributed by atoms with Crippen LogP contribution < -0.4 is 5.32 Å². The highest BCUT2D eigenvalue weighted by molar-refractivity contribution is 6.30. The molecule has 0 aromatic heterocycles. The van der Waals surface area contributed by atoms with E-state index in [1.807, 2.05) is 6.07 Å². The zero-order chi connectivity index (χ0) is 13.8. The van der Waals surface area contributed by atoms with Crippen LogP contribution in [0.5, 0.6) is 0 Å². The van der Waals surface area contributed by atoms with Crippen molar-refractivity contribution in [3.63, 3.8) is 0 Å². The number of carbonyl (C=O) groups is 1. The van der Waals surface area contributed by atoms with E-state index >= 15 is 0 Å². The van der Waals surface area contributed by atoms with Gasteiger partial charge in [0, 0.05) is 26.1 Å². The Balaban J connectivity index is 1.94. The summed E-state index contributed by atoms with van der Waals surface area (Å²) < 4.78 is 13.4. The van der Waals surface area contributed by atoms with Crippen molar-refractivity contribution in [1.82, 2.24) is 10.2 Å². The number of benzene rings is 1. The van der Waals surface area contributed by atoms with Gasteiger partial charge in [-0.15, -0.1) is 0 Å². The first-order valence-corrected chi connectivity index (χ1v) is 6.86. The van der Waals surface area contributed by atoms with Crippen molar-refractivity contribution >= 4 is 17.5 Å². The van der Waals surface area contributed by atoms with Gasteiger partial charge in [-0.1, -0.05) is 17.7 Å². The van der Waals surface area contributed by atoms with Crippen LogP contribution in [0.3, 0.4) is 0 Å². The molecule has 1 fully saturated rings. The number of likely N-dealkylation sites (tertiary alicyclic amines) is 1. The molecule has 1 aromatic rings. The van der Waals surface area contributed by atoms with Gasteiger partial charge < -0.3 is 5.32 Å². The number of rotatable bonds is 3. The largest absolute Gasteiger partial charge is 0.352 e. The van der Waals surface area contributed by atoms with Crippen molar-refractivity contribution in [3.05, 3.63) is 34.6 Å². The molecular formula is C14H18ClFN2O. The Morgan fingerprint density at radius 1 is 1.58 bits per heavy atom. The Morgan fingerprint density at radius 2 is 2.37 bits per heavy atom. The molecule has 0 radical (unpaired) electrons. The van der Waals surface area contributed by atoms with Gasteiger partial charge in [-0.05, 0) is 37.1 Å². The first-order chi connectivity index (χ1) is 9.04. The summed E-state index contributed by atoms with van der Waals surface area (Å²) in [5.41, 5.74) is 0.908. The third-order valence-corrected chi connectivity index (χ3v) is 3.61. The van der Waals surface area contributed by atoms with Gasteiger partial charge in [0.1, 0.15) is 5.82 Å². The molecule has 0 aliphatic carbocycles. The van der Waals surface area contributed by atoms with E-state index in [4.69, 9.17) is 11.6 Å². The summed E-state index contributed by atoms with van der Waals surface area (Å²) in [5.74, 6) is -0.376. The lowest BCUT2D eigenvalue weighted by Gasteiger charge is -2.33. The molecule has 5 heteroatoms. The molecule has 104 valence electrons. The van der Waals surface area contributed by atoms with Crippen molar-refractivity contribution in [2.45, 2.75) is 32.4 Å². The number of piperidine rings is 1. The van der Waals surface area contributed by atoms with Crippen LogP contribution in [0.1, 0.15) is 25.3 Å². The summed E-state index contributed by atoms with van der Waals surface area (Å²) in [4.78, 5) is 13.3. The van der Waals surface area contributed by atoms with Crippen LogP contribution in [0.2, 0.25) is 5.02 Å². The number of carbonyl (C=O) groups excluding carboxylic acids is 1. The maximum atomic E-state index is 13.4. The highest BCUT2D eigenvalue weighted by atomic mass is 35.5. The normalized spacial score (nSPS) is 20.3. The van der Waals surface area contributed by atoms with Crippen LogP contribution in [0, 0.1) is 5.82 Å². The Bertz CT molecular complexity index is 467. The average Bonchev–Trinajstić information content (AvgIpc) is 2.33. The Kier molecular flexibility index (Phi) is 4.77. The smallest absolute Gasteiger partial charge is 0.217 e. The Labute approximate surface area is 117 Å². The quantitative estimate of drug-likeness (QED) is 0.925. The maximum Gasteiger partial charge on any atom is 0.217 e. The van der Waals surface area contributed by atoms with E-state index in [0.717, 1.165) is 31.5 Å². The zero-order valence-corrected chi connectivity index (χ0v) is 11.7. The molecule has 1 amide bonds. The van der Waals surface area contributed by atoms with Gasteiger partial charge in [0.2, 0.25) is 5.91 Å². The molecule has 19 heavy (non-hydrogen) atoms. The van der Waals surface area contributed by atoms with Gasteiger partial charge in [0.15, 0.2) is 0 Å². The predicted molar refractivity (Wildman–Crippen MR) is 73.5 cm³/mol. The fraction of sp³-hybridized carbons (Fsp3) is 0.500. The van der Waals surface area contributed by atoms with E-state index in [0.29, 0.717) is 6.54 Å². The molecule has 0 saturated carbocycles. The molecule has 1 saturated heterocycles. The molecule has 1 aliphatic rings. The lowest BCUT2D eigenvalue weighted by atomic mass is 10.0. The van der Waals surface area contributed by atoms with Crippen LogP contribution in [-0.4, -0.2) is 29.9 Å². The SMILES string of the molecule is CC(=O)NC1CCCN(Cc2ccc(Cl)c(F)c2)C1. The van der Waals surface area contributed by atoms with Crippen LogP contribution in [0.25, 0.3) is 0 Å². The molecule has 1 aromatic carbocycles. The minimum Gasteiger partial charge on any atom is -0.352 e. The minimum atomic E-state index is -0.380. The summed E-state index contributed by atoms with van der Waals surface area (Å²) in [6, 6.07) is 5.10. The van der Waals surface area contributed by atoms with Crippen molar-refractivity contribution in [2.75, 3.05) is 13.1 Å². The number of hydrogen-bond donors (Lipinski definition) is 1. The van der Waals surface area contributed by atoms with E-state index in [-0.39, 0.29) is 22.8 Å². The molecule has 2 rings (SSSR count). The third kappa shape index (κ3) is 4.18. The minimum absolute atomic E-state index is 0.00406. The van der Waals surface area contributed by atoms with Crippen LogP contribution in [0.4, 0.5) is 4.39 Å².